The number of hydrogen-bond acceptors (Lipinski definition) is 4. The zero-order valence-electron chi connectivity index (χ0n) is 6.73. The number of rotatable bonds is 1. The maximum Gasteiger partial charge on any atom is 0.0862 e. The van der Waals surface area contributed by atoms with Gasteiger partial charge in [0, 0.05) is 12.3 Å². The SMILES string of the molecule is C[C@@H]1C=C(C(=O)[O-])C[C@@H](O)[C@@H]1O. The molecular formula is C8H11O4-. The first-order chi connectivity index (χ1) is 5.52. The van der Waals surface area contributed by atoms with E-state index in [-0.39, 0.29) is 17.9 Å². The Balaban J connectivity index is 2.81. The molecule has 0 amide bonds. The molecule has 1 aliphatic carbocycles. The molecule has 0 heterocycles. The van der Waals surface area contributed by atoms with Crippen LogP contribution in [0, 0.1) is 5.92 Å². The van der Waals surface area contributed by atoms with Crippen LogP contribution < -0.4 is 5.11 Å². The minimum Gasteiger partial charge on any atom is -0.545 e. The molecule has 4 heteroatoms. The van der Waals surface area contributed by atoms with E-state index in [4.69, 9.17) is 0 Å². The summed E-state index contributed by atoms with van der Waals surface area (Å²) in [6.45, 7) is 1.65. The Morgan fingerprint density at radius 3 is 2.67 bits per heavy atom. The van der Waals surface area contributed by atoms with Crippen LogP contribution in [-0.4, -0.2) is 28.4 Å². The topological polar surface area (TPSA) is 80.6 Å². The minimum atomic E-state index is -1.27. The van der Waals surface area contributed by atoms with Crippen LogP contribution in [0.1, 0.15) is 13.3 Å². The van der Waals surface area contributed by atoms with Crippen molar-refractivity contribution in [3.8, 4) is 0 Å². The van der Waals surface area contributed by atoms with Crippen LogP contribution in [0.5, 0.6) is 0 Å². The van der Waals surface area contributed by atoms with Crippen LogP contribution >= 0.6 is 0 Å². The third-order valence-electron chi connectivity index (χ3n) is 2.09. The summed E-state index contributed by atoms with van der Waals surface area (Å²) in [6, 6.07) is 0. The van der Waals surface area contributed by atoms with Gasteiger partial charge in [0.25, 0.3) is 0 Å². The second-order valence-corrected chi connectivity index (χ2v) is 3.10. The van der Waals surface area contributed by atoms with Crippen molar-refractivity contribution in [3.05, 3.63) is 11.6 Å². The van der Waals surface area contributed by atoms with Gasteiger partial charge in [0.1, 0.15) is 0 Å². The highest BCUT2D eigenvalue weighted by Gasteiger charge is 2.27. The Morgan fingerprint density at radius 2 is 2.25 bits per heavy atom. The van der Waals surface area contributed by atoms with E-state index in [0.29, 0.717) is 0 Å². The largest absolute Gasteiger partial charge is 0.545 e. The van der Waals surface area contributed by atoms with Gasteiger partial charge in [-0.3, -0.25) is 0 Å². The van der Waals surface area contributed by atoms with Gasteiger partial charge in [-0.15, -0.1) is 0 Å². The summed E-state index contributed by atoms with van der Waals surface area (Å²) in [4.78, 5) is 10.4. The molecule has 0 unspecified atom stereocenters. The maximum absolute atomic E-state index is 10.4. The normalized spacial score (nSPS) is 35.9. The number of carbonyl (C=O) groups excluding carboxylic acids is 1. The Kier molecular flexibility index (Phi) is 2.49. The molecule has 0 bridgehead atoms. The molecule has 3 atom stereocenters. The van der Waals surface area contributed by atoms with E-state index < -0.39 is 18.2 Å². The molecule has 1 rings (SSSR count). The lowest BCUT2D eigenvalue weighted by molar-refractivity contribution is -0.300. The van der Waals surface area contributed by atoms with Gasteiger partial charge in [0.05, 0.1) is 18.2 Å². The van der Waals surface area contributed by atoms with Crippen LogP contribution in [0.3, 0.4) is 0 Å². The lowest BCUT2D eigenvalue weighted by Crippen LogP contribution is -2.39. The number of carboxylic acids is 1. The van der Waals surface area contributed by atoms with Gasteiger partial charge in [0.2, 0.25) is 0 Å². The quantitative estimate of drug-likeness (QED) is 0.499. The third kappa shape index (κ3) is 1.65. The minimum absolute atomic E-state index is 0.0339. The number of hydrogen-bond donors (Lipinski definition) is 2. The predicted octanol–water partition coefficient (Wildman–Crippen LogP) is -1.58. The van der Waals surface area contributed by atoms with Crippen LogP contribution in [0.4, 0.5) is 0 Å². The molecule has 0 aromatic carbocycles. The van der Waals surface area contributed by atoms with E-state index in [1.807, 2.05) is 0 Å². The summed E-state index contributed by atoms with van der Waals surface area (Å²) >= 11 is 0. The Hall–Kier alpha value is -0.870. The first kappa shape index (κ1) is 9.22. The van der Waals surface area contributed by atoms with Crippen LogP contribution in [0.2, 0.25) is 0 Å². The fourth-order valence-electron chi connectivity index (χ4n) is 1.33. The molecule has 0 aromatic rings. The summed E-state index contributed by atoms with van der Waals surface area (Å²) in [6.07, 6.45) is -0.466. The number of aliphatic carboxylic acids is 1. The molecule has 0 aromatic heterocycles. The number of carboxylic acid groups (broad SMARTS) is 1. The molecule has 0 aliphatic heterocycles. The summed E-state index contributed by atoms with van der Waals surface area (Å²) < 4.78 is 0. The Bertz CT molecular complexity index is 221. The van der Waals surface area contributed by atoms with Gasteiger partial charge in [-0.1, -0.05) is 13.0 Å². The summed E-state index contributed by atoms with van der Waals surface area (Å²) in [5.41, 5.74) is 0.0697. The second-order valence-electron chi connectivity index (χ2n) is 3.10. The van der Waals surface area contributed by atoms with Crippen molar-refractivity contribution in [1.82, 2.24) is 0 Å². The van der Waals surface area contributed by atoms with Gasteiger partial charge >= 0.3 is 0 Å². The molecule has 0 saturated heterocycles. The standard InChI is InChI=1S/C8H12O4/c1-4-2-5(8(11)12)3-6(9)7(4)10/h2,4,6-7,9-10H,3H2,1H3,(H,11,12)/p-1/t4-,6-,7-/m1/s1. The van der Waals surface area contributed by atoms with Crippen LogP contribution in [0.15, 0.2) is 11.6 Å². The number of aliphatic hydroxyl groups is 2. The van der Waals surface area contributed by atoms with Gasteiger partial charge in [-0.2, -0.15) is 0 Å². The molecule has 2 N–H and O–H groups in total. The monoisotopic (exact) mass is 171 g/mol. The van der Waals surface area contributed by atoms with Crippen molar-refractivity contribution in [2.75, 3.05) is 0 Å². The fourth-order valence-corrected chi connectivity index (χ4v) is 1.33. The van der Waals surface area contributed by atoms with Crippen molar-refractivity contribution in [3.63, 3.8) is 0 Å². The van der Waals surface area contributed by atoms with Gasteiger partial charge in [-0.05, 0) is 5.57 Å². The first-order valence-electron chi connectivity index (χ1n) is 3.80. The Morgan fingerprint density at radius 1 is 1.67 bits per heavy atom. The first-order valence-corrected chi connectivity index (χ1v) is 3.80. The number of aliphatic hydroxyl groups excluding tert-OH is 2. The molecule has 0 spiro atoms. The van der Waals surface area contributed by atoms with E-state index in [9.17, 15) is 20.1 Å². The summed E-state index contributed by atoms with van der Waals surface area (Å²) in [7, 11) is 0. The molecule has 68 valence electrons. The predicted molar refractivity (Wildman–Crippen MR) is 38.9 cm³/mol. The van der Waals surface area contributed by atoms with Crippen molar-refractivity contribution in [2.24, 2.45) is 5.92 Å². The molecule has 1 aliphatic rings. The second kappa shape index (κ2) is 3.25. The molecule has 0 saturated carbocycles. The third-order valence-corrected chi connectivity index (χ3v) is 2.09. The zero-order chi connectivity index (χ0) is 9.30. The van der Waals surface area contributed by atoms with Crippen molar-refractivity contribution < 1.29 is 20.1 Å². The molecule has 12 heavy (non-hydrogen) atoms. The van der Waals surface area contributed by atoms with Crippen molar-refractivity contribution in [1.29, 1.82) is 0 Å². The van der Waals surface area contributed by atoms with Gasteiger partial charge < -0.3 is 20.1 Å². The molecule has 4 nitrogen and oxygen atoms in total. The lowest BCUT2D eigenvalue weighted by Gasteiger charge is -2.28. The summed E-state index contributed by atoms with van der Waals surface area (Å²) in [5, 5.41) is 28.8. The summed E-state index contributed by atoms with van der Waals surface area (Å²) in [5.74, 6) is -1.60. The molecule has 0 radical (unpaired) electrons. The Labute approximate surface area is 70.1 Å². The fraction of sp³-hybridized carbons (Fsp3) is 0.625. The van der Waals surface area contributed by atoms with Crippen LogP contribution in [0.25, 0.3) is 0 Å². The smallest absolute Gasteiger partial charge is 0.0862 e. The highest BCUT2D eigenvalue weighted by molar-refractivity contribution is 5.85. The van der Waals surface area contributed by atoms with E-state index in [1.165, 1.54) is 6.08 Å². The maximum atomic E-state index is 10.4. The van der Waals surface area contributed by atoms with Crippen LogP contribution in [-0.2, 0) is 4.79 Å². The highest BCUT2D eigenvalue weighted by atomic mass is 16.4. The van der Waals surface area contributed by atoms with E-state index >= 15 is 0 Å². The van der Waals surface area contributed by atoms with Gasteiger partial charge in [-0.25, -0.2) is 0 Å². The van der Waals surface area contributed by atoms with E-state index in [2.05, 4.69) is 0 Å². The average Bonchev–Trinajstić information content (AvgIpc) is 1.99. The average molecular weight is 171 g/mol. The van der Waals surface area contributed by atoms with E-state index in [1.54, 1.807) is 6.92 Å². The highest BCUT2D eigenvalue weighted by Crippen LogP contribution is 2.22. The molecular weight excluding hydrogens is 160 g/mol. The number of carbonyl (C=O) groups is 1. The lowest BCUT2D eigenvalue weighted by atomic mass is 9.87. The zero-order valence-corrected chi connectivity index (χ0v) is 6.73. The van der Waals surface area contributed by atoms with Gasteiger partial charge in [0.15, 0.2) is 0 Å². The van der Waals surface area contributed by atoms with Crippen molar-refractivity contribution in [2.45, 2.75) is 25.6 Å². The molecule has 0 fully saturated rings. The van der Waals surface area contributed by atoms with E-state index in [0.717, 1.165) is 0 Å². The van der Waals surface area contributed by atoms with Crippen molar-refractivity contribution >= 4 is 5.97 Å².